The third kappa shape index (κ3) is 4.55. The van der Waals surface area contributed by atoms with Crippen molar-refractivity contribution in [2.75, 3.05) is 36.4 Å². The maximum atomic E-state index is 13.0. The van der Waals surface area contributed by atoms with Gasteiger partial charge in [0, 0.05) is 37.7 Å². The molecule has 154 valence electrons. The zero-order valence-corrected chi connectivity index (χ0v) is 16.2. The van der Waals surface area contributed by atoms with Gasteiger partial charge in [0.1, 0.15) is 5.82 Å². The number of likely N-dealkylation sites (tertiary alicyclic amines) is 1. The van der Waals surface area contributed by atoms with Crippen molar-refractivity contribution in [1.29, 1.82) is 0 Å². The summed E-state index contributed by atoms with van der Waals surface area (Å²) in [7, 11) is 0. The van der Waals surface area contributed by atoms with Crippen molar-refractivity contribution in [1.82, 2.24) is 20.1 Å². The van der Waals surface area contributed by atoms with Gasteiger partial charge in [0.2, 0.25) is 17.8 Å². The van der Waals surface area contributed by atoms with Crippen LogP contribution in [0.5, 0.6) is 0 Å². The number of aromatic nitrogens is 3. The van der Waals surface area contributed by atoms with Gasteiger partial charge in [-0.15, -0.1) is 5.10 Å². The molecule has 1 aromatic carbocycles. The number of piperidine rings is 2. The molecule has 2 amide bonds. The van der Waals surface area contributed by atoms with E-state index in [0.29, 0.717) is 43.4 Å². The Morgan fingerprint density at radius 2 is 1.72 bits per heavy atom. The summed E-state index contributed by atoms with van der Waals surface area (Å²) >= 11 is 0. The van der Waals surface area contributed by atoms with E-state index in [0.717, 1.165) is 25.9 Å². The second-order valence-corrected chi connectivity index (χ2v) is 7.59. The quantitative estimate of drug-likeness (QED) is 0.822. The molecule has 0 aliphatic carbocycles. The highest BCUT2D eigenvalue weighted by Gasteiger charge is 2.28. The van der Waals surface area contributed by atoms with Gasteiger partial charge in [-0.25, -0.2) is 9.49 Å². The van der Waals surface area contributed by atoms with Crippen molar-refractivity contribution >= 4 is 23.7 Å². The summed E-state index contributed by atoms with van der Waals surface area (Å²) in [5.74, 6) is 0.189. The number of H-pyrrole nitrogens is 1. The van der Waals surface area contributed by atoms with Gasteiger partial charge in [-0.05, 0) is 56.4 Å². The molecule has 0 bridgehead atoms. The highest BCUT2D eigenvalue weighted by molar-refractivity contribution is 5.95. The molecule has 0 unspecified atom stereocenters. The van der Waals surface area contributed by atoms with Crippen LogP contribution in [0.15, 0.2) is 24.3 Å². The van der Waals surface area contributed by atoms with Gasteiger partial charge < -0.3 is 9.80 Å². The van der Waals surface area contributed by atoms with Gasteiger partial charge >= 0.3 is 0 Å². The molecule has 2 fully saturated rings. The minimum atomic E-state index is -0.368. The number of aromatic amines is 1. The van der Waals surface area contributed by atoms with Crippen molar-refractivity contribution in [3.63, 3.8) is 0 Å². The molecule has 4 rings (SSSR count). The Kier molecular flexibility index (Phi) is 5.73. The Morgan fingerprint density at radius 1 is 1.03 bits per heavy atom. The van der Waals surface area contributed by atoms with Crippen LogP contribution in [0.2, 0.25) is 0 Å². The Balaban J connectivity index is 1.28. The number of hydrogen-bond donors (Lipinski definition) is 2. The molecule has 2 saturated heterocycles. The van der Waals surface area contributed by atoms with E-state index in [2.05, 4.69) is 25.4 Å². The average Bonchev–Trinajstić information content (AvgIpc) is 3.23. The summed E-state index contributed by atoms with van der Waals surface area (Å²) in [5, 5.41) is 9.82. The van der Waals surface area contributed by atoms with Gasteiger partial charge in [-0.2, -0.15) is 4.98 Å². The van der Waals surface area contributed by atoms with Crippen LogP contribution >= 0.6 is 0 Å². The summed E-state index contributed by atoms with van der Waals surface area (Å²) in [6, 6.07) is 5.53. The standard InChI is InChI=1S/C20H25FN6O2/c21-16-6-4-15(5-7-16)18(29)26-12-8-14(9-13-26)17(28)22-19-23-20(25-24-19)27-10-2-1-3-11-27/h4-7,14H,1-3,8-13H2,(H2,22,23,24,25,28). The molecular weight excluding hydrogens is 375 g/mol. The highest BCUT2D eigenvalue weighted by Crippen LogP contribution is 2.21. The lowest BCUT2D eigenvalue weighted by Crippen LogP contribution is -2.41. The molecular formula is C20H25FN6O2. The highest BCUT2D eigenvalue weighted by atomic mass is 19.1. The number of halogens is 1. The van der Waals surface area contributed by atoms with E-state index in [4.69, 9.17) is 0 Å². The Hall–Kier alpha value is -2.97. The van der Waals surface area contributed by atoms with Gasteiger partial charge in [-0.1, -0.05) is 0 Å². The lowest BCUT2D eigenvalue weighted by molar-refractivity contribution is -0.121. The summed E-state index contributed by atoms with van der Waals surface area (Å²) in [6.45, 7) is 2.85. The number of carbonyl (C=O) groups is 2. The Bertz CT molecular complexity index is 854. The lowest BCUT2D eigenvalue weighted by Gasteiger charge is -2.31. The zero-order chi connectivity index (χ0) is 20.2. The largest absolute Gasteiger partial charge is 0.340 e. The lowest BCUT2D eigenvalue weighted by atomic mass is 9.95. The van der Waals surface area contributed by atoms with E-state index in [1.165, 1.54) is 30.7 Å². The molecule has 2 N–H and O–H groups in total. The number of rotatable bonds is 4. The first-order chi connectivity index (χ1) is 14.1. The van der Waals surface area contributed by atoms with E-state index in [-0.39, 0.29) is 23.5 Å². The molecule has 3 heterocycles. The summed E-state index contributed by atoms with van der Waals surface area (Å²) in [5.41, 5.74) is 0.459. The van der Waals surface area contributed by atoms with E-state index in [1.807, 2.05) is 0 Å². The second-order valence-electron chi connectivity index (χ2n) is 7.59. The van der Waals surface area contributed by atoms with Crippen LogP contribution in [0.1, 0.15) is 42.5 Å². The van der Waals surface area contributed by atoms with Crippen molar-refractivity contribution in [3.8, 4) is 0 Å². The monoisotopic (exact) mass is 400 g/mol. The predicted molar refractivity (Wildman–Crippen MR) is 106 cm³/mol. The third-order valence-electron chi connectivity index (χ3n) is 5.60. The van der Waals surface area contributed by atoms with Crippen LogP contribution in [0, 0.1) is 11.7 Å². The number of nitrogens with one attached hydrogen (secondary N) is 2. The molecule has 1 aromatic heterocycles. The molecule has 0 saturated carbocycles. The molecule has 29 heavy (non-hydrogen) atoms. The Labute approximate surface area is 168 Å². The topological polar surface area (TPSA) is 94.2 Å². The molecule has 0 atom stereocenters. The minimum absolute atomic E-state index is 0.111. The molecule has 2 aliphatic heterocycles. The number of anilines is 2. The summed E-state index contributed by atoms with van der Waals surface area (Å²) < 4.78 is 13.0. The van der Waals surface area contributed by atoms with Crippen molar-refractivity contribution in [2.24, 2.45) is 5.92 Å². The van der Waals surface area contributed by atoms with Crippen molar-refractivity contribution < 1.29 is 14.0 Å². The van der Waals surface area contributed by atoms with Crippen LogP contribution in [0.25, 0.3) is 0 Å². The zero-order valence-electron chi connectivity index (χ0n) is 16.2. The van der Waals surface area contributed by atoms with E-state index in [9.17, 15) is 14.0 Å². The fraction of sp³-hybridized carbons (Fsp3) is 0.500. The van der Waals surface area contributed by atoms with Crippen molar-refractivity contribution in [2.45, 2.75) is 32.1 Å². The molecule has 9 heteroatoms. The fourth-order valence-corrected chi connectivity index (χ4v) is 3.88. The smallest absolute Gasteiger partial charge is 0.253 e. The van der Waals surface area contributed by atoms with Crippen LogP contribution in [0.3, 0.4) is 0 Å². The van der Waals surface area contributed by atoms with Gasteiger partial charge in [0.15, 0.2) is 0 Å². The first-order valence-corrected chi connectivity index (χ1v) is 10.1. The predicted octanol–water partition coefficient (Wildman–Crippen LogP) is 2.42. The molecule has 2 aromatic rings. The average molecular weight is 400 g/mol. The van der Waals surface area contributed by atoms with E-state index < -0.39 is 0 Å². The van der Waals surface area contributed by atoms with E-state index in [1.54, 1.807) is 4.90 Å². The number of benzene rings is 1. The van der Waals surface area contributed by atoms with Crippen LogP contribution < -0.4 is 10.2 Å². The number of nitrogens with zero attached hydrogens (tertiary/aromatic N) is 4. The molecule has 0 spiro atoms. The molecule has 0 radical (unpaired) electrons. The van der Waals surface area contributed by atoms with Crippen molar-refractivity contribution in [3.05, 3.63) is 35.6 Å². The number of amides is 2. The summed E-state index contributed by atoms with van der Waals surface area (Å²) in [4.78, 5) is 33.3. The molecule has 2 aliphatic rings. The summed E-state index contributed by atoms with van der Waals surface area (Å²) in [6.07, 6.45) is 4.64. The SMILES string of the molecule is O=C(Nc1nc(N2CCCCC2)n[nH]1)C1CCN(C(=O)c2ccc(F)cc2)CC1. The Morgan fingerprint density at radius 3 is 2.41 bits per heavy atom. The number of hydrogen-bond acceptors (Lipinski definition) is 5. The first kappa shape index (κ1) is 19.4. The molecule has 8 nitrogen and oxygen atoms in total. The fourth-order valence-electron chi connectivity index (χ4n) is 3.88. The van der Waals surface area contributed by atoms with Crippen LogP contribution in [-0.2, 0) is 4.79 Å². The van der Waals surface area contributed by atoms with Crippen LogP contribution in [-0.4, -0.2) is 58.1 Å². The maximum absolute atomic E-state index is 13.0. The second kappa shape index (κ2) is 8.59. The number of carbonyl (C=O) groups excluding carboxylic acids is 2. The third-order valence-corrected chi connectivity index (χ3v) is 5.60. The normalized spacial score (nSPS) is 18.0. The van der Waals surface area contributed by atoms with Gasteiger partial charge in [0.05, 0.1) is 0 Å². The van der Waals surface area contributed by atoms with Crippen LogP contribution in [0.4, 0.5) is 16.3 Å². The maximum Gasteiger partial charge on any atom is 0.253 e. The minimum Gasteiger partial charge on any atom is -0.340 e. The van der Waals surface area contributed by atoms with Gasteiger partial charge in [-0.3, -0.25) is 14.9 Å². The first-order valence-electron chi connectivity index (χ1n) is 10.1. The van der Waals surface area contributed by atoms with Gasteiger partial charge in [0.25, 0.3) is 5.91 Å². The van der Waals surface area contributed by atoms with E-state index >= 15 is 0 Å².